The highest BCUT2D eigenvalue weighted by Crippen LogP contribution is 2.01. The van der Waals surface area contributed by atoms with Gasteiger partial charge in [-0.15, -0.1) is 0 Å². The molecule has 4 nitrogen and oxygen atoms in total. The maximum absolute atomic E-state index is 11.5. The molecule has 0 radical (unpaired) electrons. The van der Waals surface area contributed by atoms with Gasteiger partial charge in [-0.05, 0) is 12.3 Å². The van der Waals surface area contributed by atoms with E-state index >= 15 is 0 Å². The van der Waals surface area contributed by atoms with Crippen molar-refractivity contribution >= 4 is 5.91 Å². The van der Waals surface area contributed by atoms with E-state index < -0.39 is 6.04 Å². The lowest BCUT2D eigenvalue weighted by atomic mass is 10.0. The smallest absolute Gasteiger partial charge is 0.237 e. The molecule has 0 spiro atoms. The predicted molar refractivity (Wildman–Crippen MR) is 56.7 cm³/mol. The molecule has 2 atom stereocenters. The average molecular weight is 202 g/mol. The third-order valence-corrected chi connectivity index (χ3v) is 2.27. The molecule has 1 unspecified atom stereocenters. The number of carbonyl (C=O) groups excluding carboxylic acids is 1. The zero-order chi connectivity index (χ0) is 11.1. The largest absolute Gasteiger partial charge is 0.394 e. The number of carbonyl (C=O) groups is 1. The first-order chi connectivity index (χ1) is 6.52. The van der Waals surface area contributed by atoms with Crippen molar-refractivity contribution in [2.24, 2.45) is 11.7 Å². The molecule has 0 bridgehead atoms. The Balaban J connectivity index is 4.01. The Morgan fingerprint density at radius 1 is 1.50 bits per heavy atom. The minimum atomic E-state index is -0.451. The Bertz CT molecular complexity index is 172. The summed E-state index contributed by atoms with van der Waals surface area (Å²) in [7, 11) is 0. The van der Waals surface area contributed by atoms with Crippen molar-refractivity contribution in [3.63, 3.8) is 0 Å². The summed E-state index contributed by atoms with van der Waals surface area (Å²) < 4.78 is 0. The molecule has 0 aromatic rings. The number of aliphatic hydroxyl groups is 1. The van der Waals surface area contributed by atoms with E-state index in [2.05, 4.69) is 5.32 Å². The second-order valence-corrected chi connectivity index (χ2v) is 3.94. The van der Waals surface area contributed by atoms with Crippen molar-refractivity contribution < 1.29 is 9.90 Å². The van der Waals surface area contributed by atoms with Gasteiger partial charge in [0.15, 0.2) is 0 Å². The van der Waals surface area contributed by atoms with Gasteiger partial charge in [0.2, 0.25) is 5.91 Å². The molecule has 1 amide bonds. The quantitative estimate of drug-likeness (QED) is 0.578. The standard InChI is InChI=1S/C10H22N2O2/c1-4-5-8(11)10(14)12-9(6-13)7(2)3/h7-9,13H,4-6,11H2,1-3H3,(H,12,14)/t8-,9?/m1/s1. The summed E-state index contributed by atoms with van der Waals surface area (Å²) in [6.07, 6.45) is 1.57. The lowest BCUT2D eigenvalue weighted by Crippen LogP contribution is -2.48. The molecule has 0 saturated carbocycles. The van der Waals surface area contributed by atoms with Crippen LogP contribution in [0.5, 0.6) is 0 Å². The number of rotatable bonds is 6. The van der Waals surface area contributed by atoms with Crippen molar-refractivity contribution in [3.8, 4) is 0 Å². The van der Waals surface area contributed by atoms with Crippen LogP contribution >= 0.6 is 0 Å². The van der Waals surface area contributed by atoms with Crippen molar-refractivity contribution in [1.82, 2.24) is 5.32 Å². The Hall–Kier alpha value is -0.610. The molecule has 0 saturated heterocycles. The molecule has 14 heavy (non-hydrogen) atoms. The van der Waals surface area contributed by atoms with Crippen LogP contribution in [0.3, 0.4) is 0 Å². The topological polar surface area (TPSA) is 75.4 Å². The SMILES string of the molecule is CCC[C@@H](N)C(=O)NC(CO)C(C)C. The van der Waals surface area contributed by atoms with Gasteiger partial charge in [0.1, 0.15) is 0 Å². The van der Waals surface area contributed by atoms with Crippen LogP contribution in [0.2, 0.25) is 0 Å². The van der Waals surface area contributed by atoms with E-state index in [0.717, 1.165) is 6.42 Å². The molecular weight excluding hydrogens is 180 g/mol. The fourth-order valence-electron chi connectivity index (χ4n) is 1.15. The summed E-state index contributed by atoms with van der Waals surface area (Å²) in [5, 5.41) is 11.7. The molecule has 4 N–H and O–H groups in total. The van der Waals surface area contributed by atoms with Crippen LogP contribution in [-0.4, -0.2) is 29.7 Å². The fraction of sp³-hybridized carbons (Fsp3) is 0.900. The number of hydrogen-bond donors (Lipinski definition) is 3. The summed E-state index contributed by atoms with van der Waals surface area (Å²) in [6, 6.07) is -0.641. The molecule has 0 aliphatic rings. The first-order valence-corrected chi connectivity index (χ1v) is 5.19. The van der Waals surface area contributed by atoms with Gasteiger partial charge < -0.3 is 16.2 Å². The van der Waals surface area contributed by atoms with Crippen LogP contribution in [-0.2, 0) is 4.79 Å². The highest BCUT2D eigenvalue weighted by Gasteiger charge is 2.18. The number of amides is 1. The van der Waals surface area contributed by atoms with E-state index in [1.165, 1.54) is 0 Å². The van der Waals surface area contributed by atoms with Gasteiger partial charge in [-0.1, -0.05) is 27.2 Å². The minimum Gasteiger partial charge on any atom is -0.394 e. The van der Waals surface area contributed by atoms with Crippen molar-refractivity contribution in [3.05, 3.63) is 0 Å². The van der Waals surface area contributed by atoms with E-state index in [1.54, 1.807) is 0 Å². The third kappa shape index (κ3) is 4.58. The molecule has 0 rings (SSSR count). The maximum Gasteiger partial charge on any atom is 0.237 e. The average Bonchev–Trinajstić information content (AvgIpc) is 2.13. The van der Waals surface area contributed by atoms with E-state index in [9.17, 15) is 4.79 Å². The third-order valence-electron chi connectivity index (χ3n) is 2.27. The predicted octanol–water partition coefficient (Wildman–Crippen LogP) is 0.247. The molecule has 0 aromatic heterocycles. The van der Waals surface area contributed by atoms with Crippen molar-refractivity contribution in [2.45, 2.75) is 45.7 Å². The maximum atomic E-state index is 11.5. The lowest BCUT2D eigenvalue weighted by molar-refractivity contribution is -0.123. The van der Waals surface area contributed by atoms with Crippen LogP contribution in [0.15, 0.2) is 0 Å². The van der Waals surface area contributed by atoms with E-state index in [4.69, 9.17) is 10.8 Å². The molecule has 84 valence electrons. The molecule has 0 aliphatic carbocycles. The first-order valence-electron chi connectivity index (χ1n) is 5.19. The fourth-order valence-corrected chi connectivity index (χ4v) is 1.15. The Morgan fingerprint density at radius 2 is 2.07 bits per heavy atom. The van der Waals surface area contributed by atoms with Gasteiger partial charge in [-0.3, -0.25) is 4.79 Å². The Labute approximate surface area is 85.9 Å². The lowest BCUT2D eigenvalue weighted by Gasteiger charge is -2.21. The Morgan fingerprint density at radius 3 is 2.43 bits per heavy atom. The van der Waals surface area contributed by atoms with E-state index in [0.29, 0.717) is 6.42 Å². The monoisotopic (exact) mass is 202 g/mol. The van der Waals surface area contributed by atoms with Gasteiger partial charge in [0.05, 0.1) is 18.7 Å². The van der Waals surface area contributed by atoms with E-state index in [1.807, 2.05) is 20.8 Å². The molecular formula is C10H22N2O2. The normalized spacial score (nSPS) is 15.3. The summed E-state index contributed by atoms with van der Waals surface area (Å²) in [4.78, 5) is 11.5. The van der Waals surface area contributed by atoms with Gasteiger partial charge in [-0.2, -0.15) is 0 Å². The molecule has 0 fully saturated rings. The van der Waals surface area contributed by atoms with Gasteiger partial charge in [0, 0.05) is 0 Å². The number of nitrogens with one attached hydrogen (secondary N) is 1. The number of aliphatic hydroxyl groups excluding tert-OH is 1. The van der Waals surface area contributed by atoms with Crippen LogP contribution < -0.4 is 11.1 Å². The summed E-state index contributed by atoms with van der Waals surface area (Å²) in [5.74, 6) is 0.0531. The summed E-state index contributed by atoms with van der Waals surface area (Å²) >= 11 is 0. The minimum absolute atomic E-state index is 0.0394. The molecule has 0 aromatic carbocycles. The van der Waals surface area contributed by atoms with Crippen LogP contribution in [0.4, 0.5) is 0 Å². The van der Waals surface area contributed by atoms with Gasteiger partial charge in [0.25, 0.3) is 0 Å². The van der Waals surface area contributed by atoms with Crippen LogP contribution in [0.1, 0.15) is 33.6 Å². The van der Waals surface area contributed by atoms with E-state index in [-0.39, 0.29) is 24.5 Å². The zero-order valence-electron chi connectivity index (χ0n) is 9.29. The second-order valence-electron chi connectivity index (χ2n) is 3.94. The van der Waals surface area contributed by atoms with Crippen LogP contribution in [0.25, 0.3) is 0 Å². The van der Waals surface area contributed by atoms with Crippen LogP contribution in [0, 0.1) is 5.92 Å². The molecule has 4 heteroatoms. The molecule has 0 heterocycles. The number of hydrogen-bond acceptors (Lipinski definition) is 3. The van der Waals surface area contributed by atoms with Crippen molar-refractivity contribution in [1.29, 1.82) is 0 Å². The molecule has 0 aliphatic heterocycles. The second kappa shape index (κ2) is 6.79. The highest BCUT2D eigenvalue weighted by molar-refractivity contribution is 5.81. The Kier molecular flexibility index (Phi) is 6.49. The number of nitrogens with two attached hydrogens (primary N) is 1. The van der Waals surface area contributed by atoms with Gasteiger partial charge in [-0.25, -0.2) is 0 Å². The van der Waals surface area contributed by atoms with Gasteiger partial charge >= 0.3 is 0 Å². The highest BCUT2D eigenvalue weighted by atomic mass is 16.3. The summed E-state index contributed by atoms with van der Waals surface area (Å²) in [5.41, 5.74) is 5.64. The first kappa shape index (κ1) is 13.4. The zero-order valence-corrected chi connectivity index (χ0v) is 9.29. The summed E-state index contributed by atoms with van der Waals surface area (Å²) in [6.45, 7) is 5.85. The van der Waals surface area contributed by atoms with Crippen molar-refractivity contribution in [2.75, 3.05) is 6.61 Å².